The molecular formula is C15H21NO2. The van der Waals surface area contributed by atoms with E-state index in [0.717, 1.165) is 12.1 Å². The Kier molecular flexibility index (Phi) is 5.10. The molecule has 98 valence electrons. The zero-order valence-corrected chi connectivity index (χ0v) is 11.5. The van der Waals surface area contributed by atoms with E-state index in [0.29, 0.717) is 5.56 Å². The molecule has 0 radical (unpaired) electrons. The molecule has 3 heteroatoms. The van der Waals surface area contributed by atoms with Crippen LogP contribution in [0.3, 0.4) is 0 Å². The van der Waals surface area contributed by atoms with Crippen LogP contribution in [-0.2, 0) is 4.74 Å². The van der Waals surface area contributed by atoms with Gasteiger partial charge in [0.15, 0.2) is 0 Å². The summed E-state index contributed by atoms with van der Waals surface area (Å²) < 4.78 is 4.65. The van der Waals surface area contributed by atoms with Gasteiger partial charge in [0.1, 0.15) is 0 Å². The Morgan fingerprint density at radius 3 is 2.39 bits per heavy atom. The summed E-state index contributed by atoms with van der Waals surface area (Å²) in [4.78, 5) is 11.2. The fourth-order valence-corrected chi connectivity index (χ4v) is 1.41. The van der Waals surface area contributed by atoms with Crippen molar-refractivity contribution in [2.45, 2.75) is 26.3 Å². The second-order valence-electron chi connectivity index (χ2n) is 5.15. The first-order valence-electron chi connectivity index (χ1n) is 6.02. The Balaban J connectivity index is 2.53. The largest absolute Gasteiger partial charge is 0.465 e. The zero-order chi connectivity index (χ0) is 13.6. The van der Waals surface area contributed by atoms with Crippen molar-refractivity contribution in [3.63, 3.8) is 0 Å². The smallest absolute Gasteiger partial charge is 0.337 e. The number of carbonyl (C=O) groups is 1. The van der Waals surface area contributed by atoms with Gasteiger partial charge in [-0.3, -0.25) is 0 Å². The maximum atomic E-state index is 11.2. The van der Waals surface area contributed by atoms with Gasteiger partial charge in [-0.15, -0.1) is 0 Å². The Morgan fingerprint density at radius 1 is 1.28 bits per heavy atom. The van der Waals surface area contributed by atoms with Crippen LogP contribution in [0.4, 0.5) is 0 Å². The summed E-state index contributed by atoms with van der Waals surface area (Å²) in [5, 5.41) is 3.37. The summed E-state index contributed by atoms with van der Waals surface area (Å²) in [7, 11) is 1.38. The second-order valence-corrected chi connectivity index (χ2v) is 5.15. The number of hydrogen-bond acceptors (Lipinski definition) is 3. The number of esters is 1. The molecule has 0 spiro atoms. The number of nitrogens with one attached hydrogen (secondary N) is 1. The molecular weight excluding hydrogens is 226 g/mol. The summed E-state index contributed by atoms with van der Waals surface area (Å²) in [6.45, 7) is 7.21. The number of rotatable bonds is 4. The first kappa shape index (κ1) is 14.5. The van der Waals surface area contributed by atoms with Gasteiger partial charge in [0.05, 0.1) is 12.7 Å². The highest BCUT2D eigenvalue weighted by atomic mass is 16.5. The third kappa shape index (κ3) is 5.15. The quantitative estimate of drug-likeness (QED) is 0.831. The lowest BCUT2D eigenvalue weighted by molar-refractivity contribution is 0.0600. The number of methoxy groups -OCH3 is 1. The van der Waals surface area contributed by atoms with Crippen LogP contribution in [0.1, 0.15) is 36.7 Å². The Bertz CT molecular complexity index is 413. The molecule has 1 N–H and O–H groups in total. The molecule has 0 fully saturated rings. The van der Waals surface area contributed by atoms with Crippen LogP contribution in [0.25, 0.3) is 6.08 Å². The minimum atomic E-state index is -0.306. The van der Waals surface area contributed by atoms with Crippen molar-refractivity contribution >= 4 is 12.0 Å². The van der Waals surface area contributed by atoms with Gasteiger partial charge in [0, 0.05) is 12.1 Å². The number of ether oxygens (including phenoxy) is 1. The lowest BCUT2D eigenvalue weighted by Crippen LogP contribution is -2.35. The molecule has 0 heterocycles. The molecule has 0 aliphatic heterocycles. The van der Waals surface area contributed by atoms with E-state index in [-0.39, 0.29) is 11.5 Å². The minimum absolute atomic E-state index is 0.124. The van der Waals surface area contributed by atoms with Crippen molar-refractivity contribution in [3.8, 4) is 0 Å². The SMILES string of the molecule is COC(=O)c1ccc(C=CCNC(C)(C)C)cc1. The normalized spacial score (nSPS) is 11.8. The van der Waals surface area contributed by atoms with E-state index in [1.807, 2.05) is 18.2 Å². The topological polar surface area (TPSA) is 38.3 Å². The molecule has 18 heavy (non-hydrogen) atoms. The molecule has 1 aromatic carbocycles. The van der Waals surface area contributed by atoms with Crippen molar-refractivity contribution in [2.75, 3.05) is 13.7 Å². The number of benzene rings is 1. The Labute approximate surface area is 109 Å². The molecule has 0 aromatic heterocycles. The van der Waals surface area contributed by atoms with E-state index >= 15 is 0 Å². The highest BCUT2D eigenvalue weighted by Gasteiger charge is 2.06. The van der Waals surface area contributed by atoms with Gasteiger partial charge in [-0.05, 0) is 38.5 Å². The molecule has 1 aromatic rings. The molecule has 0 saturated heterocycles. The molecule has 0 bridgehead atoms. The van der Waals surface area contributed by atoms with Crippen LogP contribution in [0.2, 0.25) is 0 Å². The first-order chi connectivity index (χ1) is 8.42. The van der Waals surface area contributed by atoms with Crippen molar-refractivity contribution in [1.82, 2.24) is 5.32 Å². The Hall–Kier alpha value is -1.61. The van der Waals surface area contributed by atoms with Gasteiger partial charge in [0.2, 0.25) is 0 Å². The van der Waals surface area contributed by atoms with Crippen LogP contribution in [0, 0.1) is 0 Å². The lowest BCUT2D eigenvalue weighted by Gasteiger charge is -2.18. The fraction of sp³-hybridized carbons (Fsp3) is 0.400. The van der Waals surface area contributed by atoms with Crippen molar-refractivity contribution in [2.24, 2.45) is 0 Å². The molecule has 0 saturated carbocycles. The van der Waals surface area contributed by atoms with Gasteiger partial charge < -0.3 is 10.1 Å². The Morgan fingerprint density at radius 2 is 1.89 bits per heavy atom. The third-order valence-corrected chi connectivity index (χ3v) is 2.39. The van der Waals surface area contributed by atoms with Gasteiger partial charge in [-0.2, -0.15) is 0 Å². The van der Waals surface area contributed by atoms with E-state index in [9.17, 15) is 4.79 Å². The summed E-state index contributed by atoms with van der Waals surface area (Å²) >= 11 is 0. The summed E-state index contributed by atoms with van der Waals surface area (Å²) in [6.07, 6.45) is 4.10. The first-order valence-corrected chi connectivity index (χ1v) is 6.02. The number of hydrogen-bond donors (Lipinski definition) is 1. The predicted molar refractivity (Wildman–Crippen MR) is 74.6 cm³/mol. The van der Waals surface area contributed by atoms with Crippen LogP contribution in [0.5, 0.6) is 0 Å². The average Bonchev–Trinajstić information content (AvgIpc) is 2.33. The predicted octanol–water partition coefficient (Wildman–Crippen LogP) is 2.87. The zero-order valence-electron chi connectivity index (χ0n) is 11.5. The second kappa shape index (κ2) is 6.36. The van der Waals surface area contributed by atoms with Gasteiger partial charge >= 0.3 is 5.97 Å². The van der Waals surface area contributed by atoms with Crippen LogP contribution in [0.15, 0.2) is 30.3 Å². The standard InChI is InChI=1S/C15H21NO2/c1-15(2,3)16-11-5-6-12-7-9-13(10-8-12)14(17)18-4/h5-10,16H,11H2,1-4H3. The minimum Gasteiger partial charge on any atom is -0.465 e. The van der Waals surface area contributed by atoms with Gasteiger partial charge in [-0.1, -0.05) is 24.3 Å². The lowest BCUT2D eigenvalue weighted by atomic mass is 10.1. The van der Waals surface area contributed by atoms with Crippen molar-refractivity contribution < 1.29 is 9.53 Å². The summed E-state index contributed by atoms with van der Waals surface area (Å²) in [6, 6.07) is 7.34. The van der Waals surface area contributed by atoms with Crippen molar-refractivity contribution in [3.05, 3.63) is 41.5 Å². The molecule has 0 aliphatic rings. The molecule has 0 amide bonds. The summed E-state index contributed by atoms with van der Waals surface area (Å²) in [5.41, 5.74) is 1.76. The maximum absolute atomic E-state index is 11.2. The van der Waals surface area contributed by atoms with E-state index in [1.165, 1.54) is 7.11 Å². The maximum Gasteiger partial charge on any atom is 0.337 e. The highest BCUT2D eigenvalue weighted by Crippen LogP contribution is 2.07. The third-order valence-electron chi connectivity index (χ3n) is 2.39. The van der Waals surface area contributed by atoms with E-state index in [1.54, 1.807) is 12.1 Å². The highest BCUT2D eigenvalue weighted by molar-refractivity contribution is 5.89. The monoisotopic (exact) mass is 247 g/mol. The van der Waals surface area contributed by atoms with E-state index in [2.05, 4.69) is 36.9 Å². The molecule has 0 atom stereocenters. The van der Waals surface area contributed by atoms with Crippen LogP contribution >= 0.6 is 0 Å². The van der Waals surface area contributed by atoms with Gasteiger partial charge in [0.25, 0.3) is 0 Å². The number of carbonyl (C=O) groups excluding carboxylic acids is 1. The van der Waals surface area contributed by atoms with Crippen LogP contribution < -0.4 is 5.32 Å². The summed E-state index contributed by atoms with van der Waals surface area (Å²) in [5.74, 6) is -0.306. The van der Waals surface area contributed by atoms with Crippen LogP contribution in [-0.4, -0.2) is 25.2 Å². The molecule has 0 unspecified atom stereocenters. The van der Waals surface area contributed by atoms with Gasteiger partial charge in [-0.25, -0.2) is 4.79 Å². The molecule has 3 nitrogen and oxygen atoms in total. The molecule has 1 rings (SSSR count). The van der Waals surface area contributed by atoms with E-state index < -0.39 is 0 Å². The van der Waals surface area contributed by atoms with E-state index in [4.69, 9.17) is 0 Å². The molecule has 0 aliphatic carbocycles. The fourth-order valence-electron chi connectivity index (χ4n) is 1.41. The van der Waals surface area contributed by atoms with Crippen molar-refractivity contribution in [1.29, 1.82) is 0 Å². The average molecular weight is 247 g/mol.